The summed E-state index contributed by atoms with van der Waals surface area (Å²) in [5.74, 6) is 2.48. The zero-order valence-electron chi connectivity index (χ0n) is 16.2. The number of anilines is 1. The fraction of sp³-hybridized carbons (Fsp3) is 0.333. The van der Waals surface area contributed by atoms with Crippen LogP contribution in [0.4, 0.5) is 5.13 Å². The minimum Gasteiger partial charge on any atom is -0.491 e. The molecule has 0 fully saturated rings. The molecule has 2 aromatic heterocycles. The van der Waals surface area contributed by atoms with Crippen molar-refractivity contribution in [3.05, 3.63) is 30.3 Å². The highest BCUT2D eigenvalue weighted by Crippen LogP contribution is 2.37. The number of aryl methyl sites for hydroxylation is 1. The molecule has 0 amide bonds. The number of fused-ring (bicyclic) bond motifs is 1. The predicted octanol–water partition coefficient (Wildman–Crippen LogP) is 4.09. The largest absolute Gasteiger partial charge is 0.491 e. The third-order valence-electron chi connectivity index (χ3n) is 5.03. The zero-order valence-corrected chi connectivity index (χ0v) is 17.0. The zero-order chi connectivity index (χ0) is 19.8. The van der Waals surface area contributed by atoms with E-state index < -0.39 is 0 Å². The van der Waals surface area contributed by atoms with E-state index in [0.29, 0.717) is 25.0 Å². The molecule has 29 heavy (non-hydrogen) atoms. The summed E-state index contributed by atoms with van der Waals surface area (Å²) in [6.07, 6.45) is 2.04. The Morgan fingerprint density at radius 2 is 2.07 bits per heavy atom. The summed E-state index contributed by atoms with van der Waals surface area (Å²) in [5.41, 5.74) is 9.73. The van der Waals surface area contributed by atoms with Gasteiger partial charge in [0.1, 0.15) is 29.4 Å². The molecule has 0 unspecified atom stereocenters. The van der Waals surface area contributed by atoms with E-state index in [4.69, 9.17) is 24.9 Å². The maximum atomic E-state index is 6.07. The van der Waals surface area contributed by atoms with Gasteiger partial charge in [-0.3, -0.25) is 0 Å². The van der Waals surface area contributed by atoms with Crippen LogP contribution in [-0.2, 0) is 11.3 Å². The number of benzene rings is 2. The molecule has 1 aliphatic rings. The highest BCUT2D eigenvalue weighted by Gasteiger charge is 2.20. The Morgan fingerprint density at radius 3 is 2.97 bits per heavy atom. The lowest BCUT2D eigenvalue weighted by molar-refractivity contribution is 0.146. The molecule has 0 spiro atoms. The molecule has 0 bridgehead atoms. The van der Waals surface area contributed by atoms with E-state index in [1.54, 1.807) is 7.11 Å². The van der Waals surface area contributed by atoms with E-state index in [1.807, 2.05) is 18.2 Å². The van der Waals surface area contributed by atoms with Gasteiger partial charge in [0.2, 0.25) is 0 Å². The second-order valence-electron chi connectivity index (χ2n) is 7.01. The number of nitrogens with zero attached hydrogens (tertiary/aromatic N) is 3. The fourth-order valence-corrected chi connectivity index (χ4v) is 4.49. The van der Waals surface area contributed by atoms with Crippen molar-refractivity contribution >= 4 is 37.7 Å². The van der Waals surface area contributed by atoms with Crippen molar-refractivity contribution in [3.63, 3.8) is 0 Å². The SMILES string of the molecule is COCCOc1cc2c3c(c1)nc(-c1ccc4nc(N)sc4c1)n3CCCCO2. The average Bonchev–Trinajstić information content (AvgIpc) is 3.24. The minimum absolute atomic E-state index is 0.485. The average molecular weight is 410 g/mol. The number of hydrogen-bond acceptors (Lipinski definition) is 7. The number of hydrogen-bond donors (Lipinski definition) is 1. The molecule has 8 heteroatoms. The Bertz CT molecular complexity index is 1180. The van der Waals surface area contributed by atoms with Crippen LogP contribution in [0.25, 0.3) is 32.6 Å². The van der Waals surface area contributed by atoms with Crippen LogP contribution in [0.3, 0.4) is 0 Å². The molecule has 1 aliphatic heterocycles. The Kier molecular flexibility index (Phi) is 4.73. The quantitative estimate of drug-likeness (QED) is 0.499. The van der Waals surface area contributed by atoms with Gasteiger partial charge in [0.05, 0.1) is 28.9 Å². The van der Waals surface area contributed by atoms with E-state index in [9.17, 15) is 0 Å². The maximum Gasteiger partial charge on any atom is 0.181 e. The highest BCUT2D eigenvalue weighted by molar-refractivity contribution is 7.22. The van der Waals surface area contributed by atoms with E-state index in [1.165, 1.54) is 11.3 Å². The van der Waals surface area contributed by atoms with Gasteiger partial charge in [-0.2, -0.15) is 0 Å². The van der Waals surface area contributed by atoms with Gasteiger partial charge in [0.15, 0.2) is 5.13 Å². The van der Waals surface area contributed by atoms with Gasteiger partial charge in [0, 0.05) is 31.4 Å². The number of ether oxygens (including phenoxy) is 3. The first kappa shape index (κ1) is 18.2. The van der Waals surface area contributed by atoms with Crippen LogP contribution in [0.5, 0.6) is 11.5 Å². The number of aromatic nitrogens is 3. The molecule has 0 radical (unpaired) electrons. The lowest BCUT2D eigenvalue weighted by atomic mass is 10.2. The summed E-state index contributed by atoms with van der Waals surface area (Å²) in [6, 6.07) is 10.1. The Balaban J connectivity index is 1.65. The Hall–Kier alpha value is -2.84. The molecule has 0 saturated carbocycles. The summed E-state index contributed by atoms with van der Waals surface area (Å²) in [5, 5.41) is 0.577. The second-order valence-corrected chi connectivity index (χ2v) is 8.07. The third kappa shape index (κ3) is 3.38. The topological polar surface area (TPSA) is 84.4 Å². The van der Waals surface area contributed by atoms with Crippen molar-refractivity contribution in [2.24, 2.45) is 0 Å². The lowest BCUT2D eigenvalue weighted by Gasteiger charge is -2.17. The number of imidazole rings is 1. The predicted molar refractivity (Wildman–Crippen MR) is 115 cm³/mol. The standard InChI is InChI=1S/C21H22N4O3S/c1-26-8-9-27-14-11-16-19-17(12-14)28-7-3-2-6-25(19)20(23-16)13-4-5-15-18(10-13)29-21(22)24-15/h4-5,10-12H,2-3,6-9H2,1H3,(H2,22,24). The van der Waals surface area contributed by atoms with Crippen LogP contribution >= 0.6 is 11.3 Å². The molecule has 2 N–H and O–H groups in total. The van der Waals surface area contributed by atoms with Gasteiger partial charge in [0.25, 0.3) is 0 Å². The molecule has 7 nitrogen and oxygen atoms in total. The normalized spacial score (nSPS) is 14.0. The highest BCUT2D eigenvalue weighted by atomic mass is 32.1. The van der Waals surface area contributed by atoms with E-state index in [2.05, 4.69) is 21.7 Å². The molecular weight excluding hydrogens is 388 g/mol. The number of thiazole rings is 1. The first-order chi connectivity index (χ1) is 14.2. The number of nitrogen functional groups attached to an aromatic ring is 1. The van der Waals surface area contributed by atoms with Gasteiger partial charge >= 0.3 is 0 Å². The second kappa shape index (κ2) is 7.53. The van der Waals surface area contributed by atoms with Gasteiger partial charge in [-0.25, -0.2) is 9.97 Å². The van der Waals surface area contributed by atoms with Crippen molar-refractivity contribution in [2.75, 3.05) is 32.7 Å². The molecule has 4 aromatic rings. The molecular formula is C21H22N4O3S. The van der Waals surface area contributed by atoms with Crippen LogP contribution in [0.15, 0.2) is 30.3 Å². The summed E-state index contributed by atoms with van der Waals surface area (Å²) < 4.78 is 20.3. The van der Waals surface area contributed by atoms with Gasteiger partial charge in [-0.1, -0.05) is 11.3 Å². The fourth-order valence-electron chi connectivity index (χ4n) is 3.72. The molecule has 2 aromatic carbocycles. The summed E-state index contributed by atoms with van der Waals surface area (Å²) in [6.45, 7) is 2.61. The van der Waals surface area contributed by atoms with Crippen molar-refractivity contribution < 1.29 is 14.2 Å². The number of nitrogens with two attached hydrogens (primary N) is 1. The summed E-state index contributed by atoms with van der Waals surface area (Å²) in [7, 11) is 1.66. The van der Waals surface area contributed by atoms with Crippen LogP contribution < -0.4 is 15.2 Å². The monoisotopic (exact) mass is 410 g/mol. The first-order valence-electron chi connectivity index (χ1n) is 9.68. The third-order valence-corrected chi connectivity index (χ3v) is 5.88. The minimum atomic E-state index is 0.485. The van der Waals surface area contributed by atoms with Crippen LogP contribution in [-0.4, -0.2) is 41.5 Å². The molecule has 3 heterocycles. The summed E-state index contributed by atoms with van der Waals surface area (Å²) >= 11 is 1.49. The summed E-state index contributed by atoms with van der Waals surface area (Å²) in [4.78, 5) is 9.32. The maximum absolute atomic E-state index is 6.07. The van der Waals surface area contributed by atoms with Crippen LogP contribution in [0, 0.1) is 0 Å². The van der Waals surface area contributed by atoms with Crippen LogP contribution in [0.2, 0.25) is 0 Å². The molecule has 0 atom stereocenters. The van der Waals surface area contributed by atoms with Gasteiger partial charge in [-0.15, -0.1) is 0 Å². The number of rotatable bonds is 5. The van der Waals surface area contributed by atoms with Crippen molar-refractivity contribution in [3.8, 4) is 22.9 Å². The number of methoxy groups -OCH3 is 1. The molecule has 150 valence electrons. The Labute approximate surface area is 172 Å². The first-order valence-corrected chi connectivity index (χ1v) is 10.5. The van der Waals surface area contributed by atoms with Gasteiger partial charge in [-0.05, 0) is 31.0 Å². The smallest absolute Gasteiger partial charge is 0.181 e. The molecule has 5 rings (SSSR count). The van der Waals surface area contributed by atoms with E-state index in [0.717, 1.165) is 63.5 Å². The van der Waals surface area contributed by atoms with Gasteiger partial charge < -0.3 is 24.5 Å². The molecule has 0 aliphatic carbocycles. The van der Waals surface area contributed by atoms with Crippen molar-refractivity contribution in [1.82, 2.24) is 14.5 Å². The van der Waals surface area contributed by atoms with E-state index in [-0.39, 0.29) is 0 Å². The van der Waals surface area contributed by atoms with Crippen molar-refractivity contribution in [1.29, 1.82) is 0 Å². The molecule has 0 saturated heterocycles. The Morgan fingerprint density at radius 1 is 1.14 bits per heavy atom. The van der Waals surface area contributed by atoms with Crippen LogP contribution in [0.1, 0.15) is 12.8 Å². The van der Waals surface area contributed by atoms with E-state index >= 15 is 0 Å². The van der Waals surface area contributed by atoms with Crippen molar-refractivity contribution in [2.45, 2.75) is 19.4 Å². The lowest BCUT2D eigenvalue weighted by Crippen LogP contribution is -2.09.